The second-order valence-electron chi connectivity index (χ2n) is 9.16. The lowest BCUT2D eigenvalue weighted by molar-refractivity contribution is -0.146. The Kier molecular flexibility index (Phi) is 18.0. The van der Waals surface area contributed by atoms with Crippen LogP contribution >= 0.6 is 0 Å². The fourth-order valence-electron chi connectivity index (χ4n) is 4.04. The van der Waals surface area contributed by atoms with E-state index in [1.165, 1.54) is 10.5 Å². The van der Waals surface area contributed by atoms with Gasteiger partial charge in [0.1, 0.15) is 5.82 Å². The standard InChI is InChI=1S/C19H21F3N4O.C10H12N2.2C2H6/c20-19(21,22)14-25-8-10-26(11-9-25)17-7-6-16(13-23-17)24-18(27)12-15-4-2-1-3-5-15;1-12-7-6-9-2-4-10(8-11)5-3-9;2*1-2/h1-7,13H,8-12,14H2,(H,24,27);2-5,12H,6-7H2,1H3;2*1-2H3. The molecule has 0 saturated carbocycles. The topological polar surface area (TPSA) is 84.3 Å². The zero-order valence-corrected chi connectivity index (χ0v) is 25.9. The van der Waals surface area contributed by atoms with Crippen molar-refractivity contribution in [1.29, 1.82) is 5.26 Å². The third-order valence-electron chi connectivity index (χ3n) is 6.09. The minimum absolute atomic E-state index is 0.128. The second kappa shape index (κ2) is 20.9. The summed E-state index contributed by atoms with van der Waals surface area (Å²) < 4.78 is 37.3. The van der Waals surface area contributed by atoms with Crippen molar-refractivity contribution in [2.24, 2.45) is 0 Å². The van der Waals surface area contributed by atoms with Gasteiger partial charge in [0, 0.05) is 26.2 Å². The molecule has 0 aliphatic carbocycles. The van der Waals surface area contributed by atoms with Gasteiger partial charge < -0.3 is 15.5 Å². The summed E-state index contributed by atoms with van der Waals surface area (Å²) >= 11 is 0. The number of aromatic nitrogens is 1. The molecular weight excluding hydrogens is 553 g/mol. The summed E-state index contributed by atoms with van der Waals surface area (Å²) in [6.07, 6.45) is -1.30. The normalized spacial score (nSPS) is 12.7. The minimum Gasteiger partial charge on any atom is -0.354 e. The van der Waals surface area contributed by atoms with E-state index in [-0.39, 0.29) is 12.3 Å². The van der Waals surface area contributed by atoms with Crippen molar-refractivity contribution >= 4 is 17.4 Å². The van der Waals surface area contributed by atoms with E-state index in [9.17, 15) is 18.0 Å². The summed E-state index contributed by atoms with van der Waals surface area (Å²) in [5, 5.41) is 14.4. The fraction of sp³-hybridized carbons (Fsp3) is 0.424. The number of hydrogen-bond acceptors (Lipinski definition) is 6. The van der Waals surface area contributed by atoms with Crippen LogP contribution in [0.1, 0.15) is 44.4 Å². The number of nitriles is 1. The van der Waals surface area contributed by atoms with E-state index in [0.29, 0.717) is 37.7 Å². The molecule has 1 aliphatic heterocycles. The quantitative estimate of drug-likeness (QED) is 0.316. The number of rotatable bonds is 8. The molecule has 1 aromatic heterocycles. The van der Waals surface area contributed by atoms with Gasteiger partial charge in [-0.1, -0.05) is 70.2 Å². The number of likely N-dealkylation sites (N-methyl/N-ethyl adjacent to an activating group) is 1. The van der Waals surface area contributed by atoms with Crippen LogP contribution in [0.5, 0.6) is 0 Å². The molecule has 1 aliphatic rings. The molecule has 7 nitrogen and oxygen atoms in total. The van der Waals surface area contributed by atoms with Gasteiger partial charge in [-0.3, -0.25) is 9.69 Å². The number of anilines is 2. The van der Waals surface area contributed by atoms with Gasteiger partial charge in [-0.2, -0.15) is 18.4 Å². The van der Waals surface area contributed by atoms with Crippen molar-refractivity contribution in [2.75, 3.05) is 56.5 Å². The Morgan fingerprint density at radius 1 is 0.907 bits per heavy atom. The Morgan fingerprint density at radius 2 is 1.53 bits per heavy atom. The Morgan fingerprint density at radius 3 is 2.05 bits per heavy atom. The zero-order valence-electron chi connectivity index (χ0n) is 25.9. The number of piperazine rings is 1. The molecule has 0 radical (unpaired) electrons. The fourth-order valence-corrected chi connectivity index (χ4v) is 4.04. The van der Waals surface area contributed by atoms with E-state index < -0.39 is 12.7 Å². The van der Waals surface area contributed by atoms with Gasteiger partial charge >= 0.3 is 6.18 Å². The number of carbonyl (C=O) groups is 1. The first-order valence-electron chi connectivity index (χ1n) is 14.7. The SMILES string of the molecule is CC.CC.CNCCc1ccc(C#N)cc1.O=C(Cc1ccccc1)Nc1ccc(N2CCN(CC(F)(F)F)CC2)nc1. The van der Waals surface area contributed by atoms with Crippen molar-refractivity contribution in [3.63, 3.8) is 0 Å². The Hall–Kier alpha value is -3.94. The summed E-state index contributed by atoms with van der Waals surface area (Å²) in [5.74, 6) is 0.569. The van der Waals surface area contributed by atoms with Crippen LogP contribution in [0, 0.1) is 11.3 Å². The molecule has 0 unspecified atom stereocenters. The first kappa shape index (κ1) is 37.1. The van der Waals surface area contributed by atoms with Crippen LogP contribution in [0.4, 0.5) is 24.7 Å². The van der Waals surface area contributed by atoms with Crippen LogP contribution in [0.25, 0.3) is 0 Å². The van der Waals surface area contributed by atoms with Crippen molar-refractivity contribution in [3.8, 4) is 6.07 Å². The number of carbonyl (C=O) groups excluding carboxylic acids is 1. The van der Waals surface area contributed by atoms with Crippen molar-refractivity contribution in [1.82, 2.24) is 15.2 Å². The number of nitrogens with zero attached hydrogens (tertiary/aromatic N) is 4. The van der Waals surface area contributed by atoms with Gasteiger partial charge in [-0.05, 0) is 55.4 Å². The predicted molar refractivity (Wildman–Crippen MR) is 169 cm³/mol. The summed E-state index contributed by atoms with van der Waals surface area (Å²) in [7, 11) is 1.93. The molecule has 10 heteroatoms. The van der Waals surface area contributed by atoms with E-state index in [2.05, 4.69) is 21.7 Å². The van der Waals surface area contributed by atoms with Gasteiger partial charge in [0.05, 0.1) is 36.5 Å². The van der Waals surface area contributed by atoms with Gasteiger partial charge in [0.2, 0.25) is 5.91 Å². The zero-order chi connectivity index (χ0) is 32.1. The van der Waals surface area contributed by atoms with Crippen LogP contribution in [-0.4, -0.2) is 68.3 Å². The van der Waals surface area contributed by atoms with Crippen LogP contribution < -0.4 is 15.5 Å². The first-order chi connectivity index (χ1) is 20.8. The molecule has 1 amide bonds. The number of pyridine rings is 1. The van der Waals surface area contributed by atoms with Gasteiger partial charge in [-0.25, -0.2) is 4.98 Å². The van der Waals surface area contributed by atoms with Crippen molar-refractivity contribution < 1.29 is 18.0 Å². The highest BCUT2D eigenvalue weighted by atomic mass is 19.4. The average molecular weight is 599 g/mol. The van der Waals surface area contributed by atoms with E-state index in [1.54, 1.807) is 18.3 Å². The van der Waals surface area contributed by atoms with Crippen LogP contribution in [-0.2, 0) is 17.6 Å². The van der Waals surface area contributed by atoms with Crippen molar-refractivity contribution in [2.45, 2.75) is 46.7 Å². The molecule has 0 spiro atoms. The molecule has 1 saturated heterocycles. The molecule has 43 heavy (non-hydrogen) atoms. The molecule has 2 N–H and O–H groups in total. The van der Waals surface area contributed by atoms with E-state index in [4.69, 9.17) is 5.26 Å². The Bertz CT molecular complexity index is 1190. The summed E-state index contributed by atoms with van der Waals surface area (Å²) in [5.41, 5.74) is 3.51. The minimum atomic E-state index is -4.17. The second-order valence-corrected chi connectivity index (χ2v) is 9.16. The van der Waals surface area contributed by atoms with Crippen molar-refractivity contribution in [3.05, 3.63) is 89.6 Å². The lowest BCUT2D eigenvalue weighted by atomic mass is 10.1. The van der Waals surface area contributed by atoms with Gasteiger partial charge in [0.15, 0.2) is 0 Å². The summed E-state index contributed by atoms with van der Waals surface area (Å²) in [6.45, 7) is 9.77. The first-order valence-corrected chi connectivity index (χ1v) is 14.7. The van der Waals surface area contributed by atoms with Gasteiger partial charge in [-0.15, -0.1) is 0 Å². The number of amides is 1. The van der Waals surface area contributed by atoms with E-state index in [0.717, 1.165) is 24.1 Å². The van der Waals surface area contributed by atoms with E-state index >= 15 is 0 Å². The van der Waals surface area contributed by atoms with Crippen LogP contribution in [0.3, 0.4) is 0 Å². The third kappa shape index (κ3) is 15.2. The highest BCUT2D eigenvalue weighted by molar-refractivity contribution is 5.92. The molecule has 3 aromatic rings. The van der Waals surface area contributed by atoms with Crippen LogP contribution in [0.2, 0.25) is 0 Å². The average Bonchev–Trinajstić information content (AvgIpc) is 3.03. The lowest BCUT2D eigenvalue weighted by Gasteiger charge is -2.35. The van der Waals surface area contributed by atoms with E-state index in [1.807, 2.05) is 94.2 Å². The molecule has 0 bridgehead atoms. The highest BCUT2D eigenvalue weighted by Gasteiger charge is 2.32. The largest absolute Gasteiger partial charge is 0.401 e. The number of alkyl halides is 3. The van der Waals surface area contributed by atoms with Gasteiger partial charge in [0.25, 0.3) is 0 Å². The number of hydrogen-bond donors (Lipinski definition) is 2. The highest BCUT2D eigenvalue weighted by Crippen LogP contribution is 2.20. The molecule has 2 heterocycles. The predicted octanol–water partition coefficient (Wildman–Crippen LogP) is 6.32. The Labute approximate surface area is 254 Å². The maximum atomic E-state index is 12.4. The molecule has 4 rings (SSSR count). The molecule has 1 fully saturated rings. The number of halogens is 3. The number of benzene rings is 2. The molecule has 234 valence electrons. The molecule has 0 atom stereocenters. The summed E-state index contributed by atoms with van der Waals surface area (Å²) in [6, 6.07) is 22.8. The maximum Gasteiger partial charge on any atom is 0.401 e. The Balaban J connectivity index is 0.000000483. The number of nitrogens with one attached hydrogen (secondary N) is 2. The summed E-state index contributed by atoms with van der Waals surface area (Å²) in [4.78, 5) is 19.7. The molecular formula is C33H45F3N6O. The monoisotopic (exact) mass is 598 g/mol. The molecule has 2 aromatic carbocycles. The van der Waals surface area contributed by atoms with Crippen LogP contribution in [0.15, 0.2) is 72.9 Å². The smallest absolute Gasteiger partial charge is 0.354 e. The maximum absolute atomic E-state index is 12.4. The third-order valence-corrected chi connectivity index (χ3v) is 6.09. The lowest BCUT2D eigenvalue weighted by Crippen LogP contribution is -2.49.